The molecule has 0 spiro atoms. The smallest absolute Gasteiger partial charge is 0.154 e. The first-order valence-electron chi connectivity index (χ1n) is 4.84. The third-order valence-corrected chi connectivity index (χ3v) is 3.24. The summed E-state index contributed by atoms with van der Waals surface area (Å²) in [5.74, 6) is -1.95. The Morgan fingerprint density at radius 3 is 2.29 bits per heavy atom. The van der Waals surface area contributed by atoms with Crippen LogP contribution >= 0.6 is 0 Å². The fourth-order valence-corrected chi connectivity index (χ4v) is 1.93. The fraction of sp³-hybridized carbons (Fsp3) is 0.727. The fourth-order valence-electron chi connectivity index (χ4n) is 1.93. The van der Waals surface area contributed by atoms with Gasteiger partial charge in [-0.2, -0.15) is 0 Å². The Balaban J connectivity index is 3.03. The van der Waals surface area contributed by atoms with Gasteiger partial charge in [0.1, 0.15) is 11.7 Å². The predicted molar refractivity (Wildman–Crippen MR) is 51.7 cm³/mol. The van der Waals surface area contributed by atoms with Gasteiger partial charge in [-0.15, -0.1) is 0 Å². The molecule has 0 aromatic rings. The van der Waals surface area contributed by atoms with E-state index in [4.69, 9.17) is 0 Å². The van der Waals surface area contributed by atoms with E-state index in [1.54, 1.807) is 6.92 Å². The van der Waals surface area contributed by atoms with E-state index in [9.17, 15) is 14.4 Å². The molecule has 0 saturated heterocycles. The van der Waals surface area contributed by atoms with Crippen molar-refractivity contribution in [2.45, 2.75) is 34.1 Å². The lowest BCUT2D eigenvalue weighted by Gasteiger charge is -2.37. The van der Waals surface area contributed by atoms with Gasteiger partial charge in [-0.1, -0.05) is 20.8 Å². The van der Waals surface area contributed by atoms with Crippen molar-refractivity contribution in [2.24, 2.45) is 17.3 Å². The molecule has 2 atom stereocenters. The lowest BCUT2D eigenvalue weighted by Crippen LogP contribution is -2.46. The van der Waals surface area contributed by atoms with Crippen molar-refractivity contribution in [1.29, 1.82) is 0 Å². The standard InChI is InChI=1S/C11H16O3/c1-6-10(14)9(7(2)12)8(13)5-11(6,3)4/h6,9H,5H2,1-4H3. The molecule has 3 nitrogen and oxygen atoms in total. The summed E-state index contributed by atoms with van der Waals surface area (Å²) in [5, 5.41) is 0. The van der Waals surface area contributed by atoms with Crippen LogP contribution in [-0.4, -0.2) is 17.3 Å². The lowest BCUT2D eigenvalue weighted by molar-refractivity contribution is -0.148. The summed E-state index contributed by atoms with van der Waals surface area (Å²) in [6, 6.07) is 0. The highest BCUT2D eigenvalue weighted by molar-refractivity contribution is 6.20. The summed E-state index contributed by atoms with van der Waals surface area (Å²) in [6.07, 6.45) is 0.324. The Morgan fingerprint density at radius 2 is 1.86 bits per heavy atom. The minimum absolute atomic E-state index is 0.209. The monoisotopic (exact) mass is 196 g/mol. The van der Waals surface area contributed by atoms with Crippen LogP contribution in [0.2, 0.25) is 0 Å². The molecular weight excluding hydrogens is 180 g/mol. The van der Waals surface area contributed by atoms with E-state index >= 15 is 0 Å². The highest BCUT2D eigenvalue weighted by atomic mass is 16.2. The topological polar surface area (TPSA) is 51.2 Å². The number of carbonyl (C=O) groups is 3. The third-order valence-electron chi connectivity index (χ3n) is 3.24. The quantitative estimate of drug-likeness (QED) is 0.595. The second kappa shape index (κ2) is 3.30. The van der Waals surface area contributed by atoms with Crippen LogP contribution < -0.4 is 0 Å². The molecular formula is C11H16O3. The van der Waals surface area contributed by atoms with E-state index in [-0.39, 0.29) is 28.7 Å². The summed E-state index contributed by atoms with van der Waals surface area (Å²) < 4.78 is 0. The van der Waals surface area contributed by atoms with Crippen molar-refractivity contribution in [2.75, 3.05) is 0 Å². The Labute approximate surface area is 83.9 Å². The number of rotatable bonds is 1. The van der Waals surface area contributed by atoms with Crippen molar-refractivity contribution in [3.05, 3.63) is 0 Å². The molecule has 2 unspecified atom stereocenters. The Kier molecular flexibility index (Phi) is 2.61. The molecule has 1 rings (SSSR count). The highest BCUT2D eigenvalue weighted by Gasteiger charge is 2.46. The molecule has 78 valence electrons. The molecule has 0 aliphatic heterocycles. The number of hydrogen-bond donors (Lipinski definition) is 0. The summed E-state index contributed by atoms with van der Waals surface area (Å²) in [4.78, 5) is 34.5. The van der Waals surface area contributed by atoms with Gasteiger partial charge in [-0.05, 0) is 12.3 Å². The van der Waals surface area contributed by atoms with Crippen LogP contribution in [0.25, 0.3) is 0 Å². The Hall–Kier alpha value is -0.990. The first-order valence-corrected chi connectivity index (χ1v) is 4.84. The minimum atomic E-state index is -0.988. The van der Waals surface area contributed by atoms with E-state index in [1.165, 1.54) is 6.92 Å². The maximum Gasteiger partial charge on any atom is 0.154 e. The average molecular weight is 196 g/mol. The maximum atomic E-state index is 11.8. The van der Waals surface area contributed by atoms with Crippen LogP contribution in [0.3, 0.4) is 0 Å². The zero-order chi connectivity index (χ0) is 11.1. The number of ketones is 3. The molecule has 1 fully saturated rings. The summed E-state index contributed by atoms with van der Waals surface area (Å²) >= 11 is 0. The van der Waals surface area contributed by atoms with Gasteiger partial charge >= 0.3 is 0 Å². The van der Waals surface area contributed by atoms with E-state index in [1.807, 2.05) is 13.8 Å². The normalized spacial score (nSPS) is 31.7. The van der Waals surface area contributed by atoms with Gasteiger partial charge in [0.15, 0.2) is 11.6 Å². The summed E-state index contributed by atoms with van der Waals surface area (Å²) in [6.45, 7) is 6.89. The van der Waals surface area contributed by atoms with Crippen LogP contribution in [0, 0.1) is 17.3 Å². The zero-order valence-corrected chi connectivity index (χ0v) is 9.09. The Morgan fingerprint density at radius 1 is 1.36 bits per heavy atom. The third kappa shape index (κ3) is 1.63. The maximum absolute atomic E-state index is 11.8. The van der Waals surface area contributed by atoms with Crippen molar-refractivity contribution in [1.82, 2.24) is 0 Å². The van der Waals surface area contributed by atoms with Gasteiger partial charge in [0, 0.05) is 12.3 Å². The van der Waals surface area contributed by atoms with Crippen molar-refractivity contribution in [3.63, 3.8) is 0 Å². The minimum Gasteiger partial charge on any atom is -0.299 e. The van der Waals surface area contributed by atoms with Gasteiger partial charge in [0.2, 0.25) is 0 Å². The van der Waals surface area contributed by atoms with Crippen LogP contribution in [0.15, 0.2) is 0 Å². The van der Waals surface area contributed by atoms with Gasteiger partial charge in [-0.25, -0.2) is 0 Å². The Bertz CT molecular complexity index is 302. The number of carbonyl (C=O) groups excluding carboxylic acids is 3. The van der Waals surface area contributed by atoms with E-state index < -0.39 is 5.92 Å². The summed E-state index contributed by atoms with van der Waals surface area (Å²) in [5.41, 5.74) is -0.305. The van der Waals surface area contributed by atoms with Gasteiger partial charge in [0.05, 0.1) is 0 Å². The average Bonchev–Trinajstić information content (AvgIpc) is 1.98. The first-order chi connectivity index (χ1) is 6.27. The van der Waals surface area contributed by atoms with Crippen molar-refractivity contribution >= 4 is 17.3 Å². The van der Waals surface area contributed by atoms with Crippen molar-refractivity contribution < 1.29 is 14.4 Å². The largest absolute Gasteiger partial charge is 0.299 e. The van der Waals surface area contributed by atoms with Gasteiger partial charge in [0.25, 0.3) is 0 Å². The van der Waals surface area contributed by atoms with Gasteiger partial charge < -0.3 is 0 Å². The molecule has 0 bridgehead atoms. The number of hydrogen-bond acceptors (Lipinski definition) is 3. The van der Waals surface area contributed by atoms with Crippen LogP contribution in [0.1, 0.15) is 34.1 Å². The molecule has 0 amide bonds. The number of Topliss-reactive ketones (excluding diaryl/α,β-unsaturated/α-hetero) is 3. The molecule has 0 N–H and O–H groups in total. The van der Waals surface area contributed by atoms with Gasteiger partial charge in [-0.3, -0.25) is 14.4 Å². The SMILES string of the molecule is CC(=O)C1C(=O)CC(C)(C)C(C)C1=O. The molecule has 1 saturated carbocycles. The van der Waals surface area contributed by atoms with Crippen LogP contribution in [0.5, 0.6) is 0 Å². The molecule has 14 heavy (non-hydrogen) atoms. The predicted octanol–water partition coefficient (Wildman–Crippen LogP) is 1.40. The first kappa shape index (κ1) is 11.1. The second-order valence-corrected chi connectivity index (χ2v) is 4.80. The molecule has 1 aliphatic carbocycles. The molecule has 1 aliphatic rings. The second-order valence-electron chi connectivity index (χ2n) is 4.80. The highest BCUT2D eigenvalue weighted by Crippen LogP contribution is 2.38. The van der Waals surface area contributed by atoms with Crippen LogP contribution in [0.4, 0.5) is 0 Å². The molecule has 0 heterocycles. The molecule has 3 heteroatoms. The van der Waals surface area contributed by atoms with E-state index in [0.717, 1.165) is 0 Å². The molecule has 0 aromatic carbocycles. The summed E-state index contributed by atoms with van der Waals surface area (Å²) in [7, 11) is 0. The van der Waals surface area contributed by atoms with E-state index in [0.29, 0.717) is 6.42 Å². The van der Waals surface area contributed by atoms with Crippen LogP contribution in [-0.2, 0) is 14.4 Å². The molecule has 0 aromatic heterocycles. The molecule has 0 radical (unpaired) electrons. The van der Waals surface area contributed by atoms with Crippen molar-refractivity contribution in [3.8, 4) is 0 Å². The zero-order valence-electron chi connectivity index (χ0n) is 9.09. The van der Waals surface area contributed by atoms with E-state index in [2.05, 4.69) is 0 Å². The lowest BCUT2D eigenvalue weighted by atomic mass is 9.64.